The monoisotopic (exact) mass is 399 g/mol. The number of benzene rings is 2. The highest BCUT2D eigenvalue weighted by Crippen LogP contribution is 2.22. The van der Waals surface area contributed by atoms with Gasteiger partial charge in [0, 0.05) is 12.2 Å². The number of anilines is 1. The van der Waals surface area contributed by atoms with E-state index >= 15 is 0 Å². The van der Waals surface area contributed by atoms with E-state index in [1.165, 1.54) is 23.9 Å². The van der Waals surface area contributed by atoms with Crippen LogP contribution in [-0.2, 0) is 17.9 Å². The van der Waals surface area contributed by atoms with Gasteiger partial charge in [-0.25, -0.2) is 9.37 Å². The minimum absolute atomic E-state index is 0.124. The molecule has 3 aromatic rings. The molecule has 0 saturated heterocycles. The Bertz CT molecular complexity index is 970. The van der Waals surface area contributed by atoms with Crippen molar-refractivity contribution in [2.75, 3.05) is 11.1 Å². The summed E-state index contributed by atoms with van der Waals surface area (Å²) in [6.07, 6.45) is 1.59. The summed E-state index contributed by atoms with van der Waals surface area (Å²) in [7, 11) is 0. The van der Waals surface area contributed by atoms with Crippen molar-refractivity contribution in [3.63, 3.8) is 0 Å². The Hall–Kier alpha value is -2.64. The molecule has 5 nitrogen and oxygen atoms in total. The number of halogens is 1. The Labute approximate surface area is 167 Å². The summed E-state index contributed by atoms with van der Waals surface area (Å²) in [4.78, 5) is 16.7. The zero-order chi connectivity index (χ0) is 20.1. The fourth-order valence-electron chi connectivity index (χ4n) is 2.78. The third-order valence-electron chi connectivity index (χ3n) is 4.53. The molecular formula is C21H22FN3O2S. The summed E-state index contributed by atoms with van der Waals surface area (Å²) >= 11 is 1.30. The van der Waals surface area contributed by atoms with E-state index in [1.54, 1.807) is 18.3 Å². The fraction of sp³-hybridized carbons (Fsp3) is 0.238. The first-order valence-corrected chi connectivity index (χ1v) is 9.85. The van der Waals surface area contributed by atoms with Crippen LogP contribution in [-0.4, -0.2) is 26.3 Å². The molecule has 1 amide bonds. The lowest BCUT2D eigenvalue weighted by atomic mass is 10.1. The van der Waals surface area contributed by atoms with Crippen molar-refractivity contribution in [3.8, 4) is 0 Å². The molecule has 0 aliphatic rings. The standard InChI is InChI=1S/C21H22FN3O2S/c1-14-4-3-5-19(15(14)2)24-20(27)13-28-21-23-10-18(12-26)25(21)11-16-6-8-17(22)9-7-16/h3-10,26H,11-13H2,1-2H3,(H,24,27). The summed E-state index contributed by atoms with van der Waals surface area (Å²) in [5.41, 5.74) is 4.49. The van der Waals surface area contributed by atoms with Gasteiger partial charge in [-0.2, -0.15) is 0 Å². The molecule has 0 aliphatic heterocycles. The van der Waals surface area contributed by atoms with Crippen LogP contribution >= 0.6 is 11.8 Å². The van der Waals surface area contributed by atoms with E-state index in [2.05, 4.69) is 10.3 Å². The van der Waals surface area contributed by atoms with Crippen molar-refractivity contribution in [2.24, 2.45) is 0 Å². The molecule has 0 saturated carbocycles. The van der Waals surface area contributed by atoms with Gasteiger partial charge in [-0.15, -0.1) is 0 Å². The Kier molecular flexibility index (Phi) is 6.49. The lowest BCUT2D eigenvalue weighted by Crippen LogP contribution is -2.16. The Morgan fingerprint density at radius 1 is 1.21 bits per heavy atom. The predicted octanol–water partition coefficient (Wildman–Crippen LogP) is 3.91. The van der Waals surface area contributed by atoms with Crippen molar-refractivity contribution in [2.45, 2.75) is 32.2 Å². The molecule has 1 aromatic heterocycles. The molecule has 0 spiro atoms. The van der Waals surface area contributed by atoms with E-state index in [-0.39, 0.29) is 24.1 Å². The van der Waals surface area contributed by atoms with Crippen LogP contribution in [0.2, 0.25) is 0 Å². The number of nitrogens with one attached hydrogen (secondary N) is 1. The van der Waals surface area contributed by atoms with Gasteiger partial charge in [0.05, 0.1) is 24.3 Å². The minimum Gasteiger partial charge on any atom is -0.390 e. The first-order chi connectivity index (χ1) is 13.5. The second-order valence-electron chi connectivity index (χ2n) is 6.49. The number of nitrogens with zero attached hydrogens (tertiary/aromatic N) is 2. The van der Waals surface area contributed by atoms with Gasteiger partial charge >= 0.3 is 0 Å². The molecule has 2 N–H and O–H groups in total. The largest absolute Gasteiger partial charge is 0.390 e. The summed E-state index contributed by atoms with van der Waals surface area (Å²) in [6, 6.07) is 12.0. The lowest BCUT2D eigenvalue weighted by molar-refractivity contribution is -0.113. The highest BCUT2D eigenvalue weighted by atomic mass is 32.2. The number of rotatable bonds is 7. The van der Waals surface area contributed by atoms with Crippen LogP contribution in [0.3, 0.4) is 0 Å². The summed E-state index contributed by atoms with van der Waals surface area (Å²) in [5.74, 6) is -0.228. The van der Waals surface area contributed by atoms with Crippen LogP contribution in [0.15, 0.2) is 53.8 Å². The Morgan fingerprint density at radius 2 is 1.96 bits per heavy atom. The Morgan fingerprint density at radius 3 is 2.68 bits per heavy atom. The van der Waals surface area contributed by atoms with Gasteiger partial charge < -0.3 is 15.0 Å². The smallest absolute Gasteiger partial charge is 0.234 e. The number of carbonyl (C=O) groups is 1. The van der Waals surface area contributed by atoms with Gasteiger partial charge in [0.25, 0.3) is 0 Å². The maximum Gasteiger partial charge on any atom is 0.234 e. The SMILES string of the molecule is Cc1cccc(NC(=O)CSc2ncc(CO)n2Cc2ccc(F)cc2)c1C. The highest BCUT2D eigenvalue weighted by molar-refractivity contribution is 7.99. The first-order valence-electron chi connectivity index (χ1n) is 8.86. The van der Waals surface area contributed by atoms with Crippen LogP contribution in [0.25, 0.3) is 0 Å². The average molecular weight is 399 g/mol. The van der Waals surface area contributed by atoms with Crippen molar-refractivity contribution >= 4 is 23.4 Å². The normalized spacial score (nSPS) is 10.9. The van der Waals surface area contributed by atoms with E-state index in [0.717, 1.165) is 22.4 Å². The van der Waals surface area contributed by atoms with Gasteiger partial charge in [0.2, 0.25) is 5.91 Å². The molecule has 0 radical (unpaired) electrons. The number of carbonyl (C=O) groups excluding carboxylic acids is 1. The van der Waals surface area contributed by atoms with Gasteiger partial charge in [-0.05, 0) is 48.7 Å². The second-order valence-corrected chi connectivity index (χ2v) is 7.43. The van der Waals surface area contributed by atoms with Crippen LogP contribution in [0.1, 0.15) is 22.4 Å². The summed E-state index contributed by atoms with van der Waals surface area (Å²) in [5, 5.41) is 13.1. The van der Waals surface area contributed by atoms with Gasteiger partial charge in [0.1, 0.15) is 5.82 Å². The summed E-state index contributed by atoms with van der Waals surface area (Å²) < 4.78 is 15.0. The van der Waals surface area contributed by atoms with Gasteiger partial charge in [-0.1, -0.05) is 36.0 Å². The number of hydrogen-bond acceptors (Lipinski definition) is 4. The molecule has 3 rings (SSSR count). The van der Waals surface area contributed by atoms with E-state index in [1.807, 2.05) is 36.6 Å². The number of aromatic nitrogens is 2. The molecule has 0 atom stereocenters. The molecule has 0 unspecified atom stereocenters. The van der Waals surface area contributed by atoms with Crippen molar-refractivity contribution in [1.82, 2.24) is 9.55 Å². The van der Waals surface area contributed by atoms with E-state index in [0.29, 0.717) is 17.4 Å². The molecular weight excluding hydrogens is 377 g/mol. The summed E-state index contributed by atoms with van der Waals surface area (Å²) in [6.45, 7) is 4.25. The first kappa shape index (κ1) is 20.1. The average Bonchev–Trinajstić information content (AvgIpc) is 3.07. The predicted molar refractivity (Wildman–Crippen MR) is 109 cm³/mol. The van der Waals surface area contributed by atoms with Crippen LogP contribution in [0.4, 0.5) is 10.1 Å². The van der Waals surface area contributed by atoms with Crippen molar-refractivity contribution in [1.29, 1.82) is 0 Å². The number of hydrogen-bond donors (Lipinski definition) is 2. The van der Waals surface area contributed by atoms with Crippen molar-refractivity contribution < 1.29 is 14.3 Å². The van der Waals surface area contributed by atoms with E-state index < -0.39 is 0 Å². The van der Waals surface area contributed by atoms with Gasteiger partial charge in [0.15, 0.2) is 5.16 Å². The minimum atomic E-state index is -0.297. The molecule has 7 heteroatoms. The van der Waals surface area contributed by atoms with Crippen LogP contribution < -0.4 is 5.32 Å². The number of thioether (sulfide) groups is 1. The topological polar surface area (TPSA) is 67.2 Å². The molecule has 0 bridgehead atoms. The molecule has 28 heavy (non-hydrogen) atoms. The maximum absolute atomic E-state index is 13.1. The molecule has 1 heterocycles. The zero-order valence-electron chi connectivity index (χ0n) is 15.8. The third-order valence-corrected chi connectivity index (χ3v) is 5.52. The van der Waals surface area contributed by atoms with E-state index in [9.17, 15) is 14.3 Å². The third kappa shape index (κ3) is 4.79. The maximum atomic E-state index is 13.1. The quantitative estimate of drug-likeness (QED) is 0.591. The van der Waals surface area contributed by atoms with Crippen LogP contribution in [0.5, 0.6) is 0 Å². The Balaban J connectivity index is 1.68. The van der Waals surface area contributed by atoms with E-state index in [4.69, 9.17) is 0 Å². The molecule has 146 valence electrons. The molecule has 2 aromatic carbocycles. The van der Waals surface area contributed by atoms with Crippen molar-refractivity contribution in [3.05, 3.63) is 76.9 Å². The highest BCUT2D eigenvalue weighted by Gasteiger charge is 2.13. The number of amides is 1. The second kappa shape index (κ2) is 9.03. The van der Waals surface area contributed by atoms with Gasteiger partial charge in [-0.3, -0.25) is 4.79 Å². The number of aliphatic hydroxyl groups excluding tert-OH is 1. The molecule has 0 fully saturated rings. The number of imidazole rings is 1. The lowest BCUT2D eigenvalue weighted by Gasteiger charge is -2.12. The number of aryl methyl sites for hydroxylation is 1. The molecule has 0 aliphatic carbocycles. The van der Waals surface area contributed by atoms with Crippen LogP contribution in [0, 0.1) is 19.7 Å². The zero-order valence-corrected chi connectivity index (χ0v) is 16.6. The number of aliphatic hydroxyl groups is 1. The fourth-order valence-corrected chi connectivity index (χ4v) is 3.58.